The molecule has 148 valence electrons. The fourth-order valence-corrected chi connectivity index (χ4v) is 3.91. The number of nitrogens with one attached hydrogen (secondary N) is 1. The Hall–Kier alpha value is -1.89. The van der Waals surface area contributed by atoms with Crippen molar-refractivity contribution >= 4 is 50.7 Å². The number of carbonyl (C=O) groups excluding carboxylic acids is 2. The van der Waals surface area contributed by atoms with E-state index in [1.165, 1.54) is 0 Å². The van der Waals surface area contributed by atoms with Crippen LogP contribution in [-0.2, 0) is 16.1 Å². The molecule has 5 nitrogen and oxygen atoms in total. The molecular weight excluding hydrogens is 442 g/mol. The van der Waals surface area contributed by atoms with Crippen molar-refractivity contribution in [2.24, 2.45) is 5.92 Å². The zero-order valence-corrected chi connectivity index (χ0v) is 18.3. The second-order valence-electron chi connectivity index (χ2n) is 7.34. The summed E-state index contributed by atoms with van der Waals surface area (Å²) < 4.78 is 0.959. The summed E-state index contributed by atoms with van der Waals surface area (Å²) in [6.45, 7) is 5.84. The van der Waals surface area contributed by atoms with Crippen molar-refractivity contribution < 1.29 is 9.59 Å². The maximum absolute atomic E-state index is 13.1. The number of carbonyl (C=O) groups is 2. The Morgan fingerprint density at radius 1 is 1.29 bits per heavy atom. The number of para-hydroxylation sites is 2. The predicted molar refractivity (Wildman–Crippen MR) is 117 cm³/mol. The summed E-state index contributed by atoms with van der Waals surface area (Å²) in [5.74, 6) is 0.115. The smallest absolute Gasteiger partial charge is 0.244 e. The highest BCUT2D eigenvalue weighted by Crippen LogP contribution is 2.29. The summed E-state index contributed by atoms with van der Waals surface area (Å²) >= 11 is 9.71. The standard InChI is InChI=1S/C21H23BrClN3O2/c1-14(2)10-25(11-15-9-16(23)7-8-17(15)22)13-21(28)26-12-20(27)24-18-5-3-4-6-19(18)26/h3-9,14H,10-13H2,1-2H3,(H,24,27). The molecule has 0 saturated heterocycles. The second-order valence-corrected chi connectivity index (χ2v) is 8.64. The first-order chi connectivity index (χ1) is 13.3. The molecule has 0 spiro atoms. The number of fused-ring (bicyclic) bond motifs is 1. The second kappa shape index (κ2) is 9.07. The van der Waals surface area contributed by atoms with Gasteiger partial charge in [-0.2, -0.15) is 0 Å². The van der Waals surface area contributed by atoms with Crippen molar-refractivity contribution in [1.29, 1.82) is 0 Å². The van der Waals surface area contributed by atoms with Gasteiger partial charge in [-0.1, -0.05) is 53.5 Å². The van der Waals surface area contributed by atoms with Crippen LogP contribution < -0.4 is 10.2 Å². The predicted octanol–water partition coefficient (Wildman–Crippen LogP) is 4.55. The molecule has 0 unspecified atom stereocenters. The van der Waals surface area contributed by atoms with Crippen molar-refractivity contribution in [2.45, 2.75) is 20.4 Å². The van der Waals surface area contributed by atoms with E-state index in [4.69, 9.17) is 11.6 Å². The first-order valence-corrected chi connectivity index (χ1v) is 10.4. The van der Waals surface area contributed by atoms with E-state index in [9.17, 15) is 9.59 Å². The molecular formula is C21H23BrClN3O2. The van der Waals surface area contributed by atoms with Crippen molar-refractivity contribution in [1.82, 2.24) is 4.90 Å². The molecule has 1 heterocycles. The zero-order valence-electron chi connectivity index (χ0n) is 15.9. The minimum atomic E-state index is -0.181. The van der Waals surface area contributed by atoms with Gasteiger partial charge < -0.3 is 5.32 Å². The fourth-order valence-electron chi connectivity index (χ4n) is 3.34. The van der Waals surface area contributed by atoms with E-state index in [0.29, 0.717) is 23.2 Å². The monoisotopic (exact) mass is 463 g/mol. The first kappa shape index (κ1) is 20.8. The largest absolute Gasteiger partial charge is 0.323 e. The van der Waals surface area contributed by atoms with E-state index in [1.54, 1.807) is 4.90 Å². The summed E-state index contributed by atoms with van der Waals surface area (Å²) in [6.07, 6.45) is 0. The maximum atomic E-state index is 13.1. The highest BCUT2D eigenvalue weighted by molar-refractivity contribution is 9.10. The van der Waals surface area contributed by atoms with Crippen molar-refractivity contribution in [3.63, 3.8) is 0 Å². The highest BCUT2D eigenvalue weighted by Gasteiger charge is 2.28. The SMILES string of the molecule is CC(C)CN(CC(=O)N1CC(=O)Nc2ccccc21)Cc1cc(Cl)ccc1Br. The van der Waals surface area contributed by atoms with Crippen molar-refractivity contribution in [3.8, 4) is 0 Å². The van der Waals surface area contributed by atoms with Gasteiger partial charge in [0.2, 0.25) is 11.8 Å². The number of amides is 2. The molecule has 2 aromatic carbocycles. The molecule has 2 amide bonds. The van der Waals surface area contributed by atoms with Gasteiger partial charge in [-0.3, -0.25) is 19.4 Å². The molecule has 0 aliphatic carbocycles. The minimum Gasteiger partial charge on any atom is -0.323 e. The quantitative estimate of drug-likeness (QED) is 0.682. The van der Waals surface area contributed by atoms with Gasteiger partial charge in [0.05, 0.1) is 17.9 Å². The van der Waals surface area contributed by atoms with Crippen LogP contribution in [0.2, 0.25) is 5.02 Å². The number of anilines is 2. The summed E-state index contributed by atoms with van der Waals surface area (Å²) in [5, 5.41) is 3.48. The van der Waals surface area contributed by atoms with Gasteiger partial charge in [-0.25, -0.2) is 0 Å². The van der Waals surface area contributed by atoms with Gasteiger partial charge >= 0.3 is 0 Å². The topological polar surface area (TPSA) is 52.7 Å². The number of halogens is 2. The van der Waals surface area contributed by atoms with Crippen LogP contribution in [0.25, 0.3) is 0 Å². The van der Waals surface area contributed by atoms with E-state index in [0.717, 1.165) is 22.3 Å². The fraction of sp³-hybridized carbons (Fsp3) is 0.333. The van der Waals surface area contributed by atoms with Gasteiger partial charge in [0, 0.05) is 22.6 Å². The zero-order chi connectivity index (χ0) is 20.3. The summed E-state index contributed by atoms with van der Waals surface area (Å²) in [4.78, 5) is 28.8. The van der Waals surface area contributed by atoms with Gasteiger partial charge in [0.25, 0.3) is 0 Å². The molecule has 0 radical (unpaired) electrons. The molecule has 1 aliphatic rings. The van der Waals surface area contributed by atoms with Crippen molar-refractivity contribution in [3.05, 3.63) is 57.5 Å². The van der Waals surface area contributed by atoms with Crippen LogP contribution >= 0.6 is 27.5 Å². The van der Waals surface area contributed by atoms with E-state index in [1.807, 2.05) is 42.5 Å². The molecule has 0 fully saturated rings. The lowest BCUT2D eigenvalue weighted by atomic mass is 10.1. The molecule has 0 atom stereocenters. The van der Waals surface area contributed by atoms with E-state index >= 15 is 0 Å². The molecule has 0 bridgehead atoms. The highest BCUT2D eigenvalue weighted by atomic mass is 79.9. The normalized spacial score (nSPS) is 13.6. The average Bonchev–Trinajstić information content (AvgIpc) is 2.63. The minimum absolute atomic E-state index is 0.0340. The third kappa shape index (κ3) is 5.13. The summed E-state index contributed by atoms with van der Waals surface area (Å²) in [5.41, 5.74) is 2.43. The van der Waals surface area contributed by atoms with Crippen LogP contribution in [0.3, 0.4) is 0 Å². The van der Waals surface area contributed by atoms with Gasteiger partial charge in [-0.15, -0.1) is 0 Å². The first-order valence-electron chi connectivity index (χ1n) is 9.19. The van der Waals surface area contributed by atoms with Crippen LogP contribution in [0.1, 0.15) is 19.4 Å². The lowest BCUT2D eigenvalue weighted by Gasteiger charge is -2.32. The van der Waals surface area contributed by atoms with Gasteiger partial charge in [0.15, 0.2) is 0 Å². The molecule has 0 aromatic heterocycles. The third-order valence-corrected chi connectivity index (χ3v) is 5.46. The van der Waals surface area contributed by atoms with Crippen LogP contribution in [0.15, 0.2) is 46.9 Å². The third-order valence-electron chi connectivity index (χ3n) is 4.46. The lowest BCUT2D eigenvalue weighted by Crippen LogP contribution is -2.47. The molecule has 0 saturated carbocycles. The Morgan fingerprint density at radius 2 is 2.04 bits per heavy atom. The van der Waals surface area contributed by atoms with Crippen LogP contribution in [0, 0.1) is 5.92 Å². The number of rotatable bonds is 6. The summed E-state index contributed by atoms with van der Waals surface area (Å²) in [7, 11) is 0. The van der Waals surface area contributed by atoms with Gasteiger partial charge in [-0.05, 0) is 41.8 Å². The van der Waals surface area contributed by atoms with Crippen molar-refractivity contribution in [2.75, 3.05) is 29.9 Å². The summed E-state index contributed by atoms with van der Waals surface area (Å²) in [6, 6.07) is 13.0. The van der Waals surface area contributed by atoms with E-state index in [2.05, 4.69) is 40.0 Å². The number of benzene rings is 2. The van der Waals surface area contributed by atoms with Crippen LogP contribution in [-0.4, -0.2) is 36.3 Å². The molecule has 28 heavy (non-hydrogen) atoms. The Bertz CT molecular complexity index is 888. The molecule has 7 heteroatoms. The van der Waals surface area contributed by atoms with E-state index in [-0.39, 0.29) is 24.9 Å². The Kier molecular flexibility index (Phi) is 6.75. The Balaban J connectivity index is 1.80. The molecule has 3 rings (SSSR count). The molecule has 1 N–H and O–H groups in total. The van der Waals surface area contributed by atoms with Gasteiger partial charge in [0.1, 0.15) is 6.54 Å². The maximum Gasteiger partial charge on any atom is 0.244 e. The van der Waals surface area contributed by atoms with E-state index < -0.39 is 0 Å². The van der Waals surface area contributed by atoms with Crippen LogP contribution in [0.5, 0.6) is 0 Å². The van der Waals surface area contributed by atoms with Crippen LogP contribution in [0.4, 0.5) is 11.4 Å². The molecule has 2 aromatic rings. The number of hydrogen-bond acceptors (Lipinski definition) is 3. The Labute approximate surface area is 178 Å². The molecule has 1 aliphatic heterocycles. The average molecular weight is 465 g/mol. The number of nitrogens with zero attached hydrogens (tertiary/aromatic N) is 2. The lowest BCUT2D eigenvalue weighted by molar-refractivity contribution is -0.122. The number of hydrogen-bond donors (Lipinski definition) is 1. The Morgan fingerprint density at radius 3 is 2.79 bits per heavy atom.